The van der Waals surface area contributed by atoms with Gasteiger partial charge in [-0.2, -0.15) is 0 Å². The summed E-state index contributed by atoms with van der Waals surface area (Å²) in [5.41, 5.74) is 19.7. The van der Waals surface area contributed by atoms with Crippen LogP contribution in [0.5, 0.6) is 0 Å². The van der Waals surface area contributed by atoms with E-state index < -0.39 is 0 Å². The highest BCUT2D eigenvalue weighted by Crippen LogP contribution is 2.37. The predicted octanol–water partition coefficient (Wildman–Crippen LogP) is 29.7. The average molecular weight is 1910 g/mol. The maximum atomic E-state index is 13.4. The van der Waals surface area contributed by atoms with Gasteiger partial charge in [-0.1, -0.05) is 297 Å². The largest absolute Gasteiger partial charge is 0.462 e. The van der Waals surface area contributed by atoms with Crippen molar-refractivity contribution < 1.29 is 56.4 Å². The molecule has 5 fully saturated rings. The molecule has 15 rings (SSSR count). The van der Waals surface area contributed by atoms with E-state index in [4.69, 9.17) is 35.3 Å². The van der Waals surface area contributed by atoms with Crippen molar-refractivity contribution in [2.45, 2.75) is 260 Å². The third-order valence-corrected chi connectivity index (χ3v) is 26.9. The first-order chi connectivity index (χ1) is 65.4. The Kier molecular flexibility index (Phi) is 44.2. The molecule has 5 aliphatic rings. The van der Waals surface area contributed by atoms with Crippen LogP contribution < -0.4 is 26.6 Å². The zero-order valence-corrected chi connectivity index (χ0v) is 81.9. The molecule has 10 aromatic rings. The van der Waals surface area contributed by atoms with Gasteiger partial charge in [0.15, 0.2) is 0 Å². The Morgan fingerprint density at radius 2 is 0.522 bits per heavy atom. The molecule has 0 unspecified atom stereocenters. The third-order valence-electron chi connectivity index (χ3n) is 26.1. The highest BCUT2D eigenvalue weighted by molar-refractivity contribution is 9.10. The minimum atomic E-state index is -0.310. The van der Waals surface area contributed by atoms with Crippen molar-refractivity contribution in [3.8, 4) is 0 Å². The molecule has 15 nitrogen and oxygen atoms in total. The molecule has 10 aromatic carbocycles. The van der Waals surface area contributed by atoms with Crippen LogP contribution in [0.2, 0.25) is 5.02 Å². The topological polar surface area (TPSA) is 192 Å². The quantitative estimate of drug-likeness (QED) is 0.0186. The summed E-state index contributed by atoms with van der Waals surface area (Å²) in [7, 11) is 0. The van der Waals surface area contributed by atoms with Crippen molar-refractivity contribution in [1.82, 2.24) is 0 Å². The lowest BCUT2D eigenvalue weighted by Gasteiger charge is -2.23. The van der Waals surface area contributed by atoms with E-state index in [1.54, 1.807) is 25.1 Å². The molecule has 5 aliphatic carbocycles. The van der Waals surface area contributed by atoms with Crippen molar-refractivity contribution in [3.63, 3.8) is 0 Å². The molecule has 0 heterocycles. The number of carbonyl (C=O) groups is 5. The lowest BCUT2D eigenvalue weighted by atomic mass is 9.84. The fraction of sp³-hybridized carbons (Fsp3) is 0.435. The summed E-state index contributed by atoms with van der Waals surface area (Å²) < 4.78 is 53.4. The second-order valence-electron chi connectivity index (χ2n) is 36.3. The fourth-order valence-electron chi connectivity index (χ4n) is 18.9. The number of anilines is 5. The third kappa shape index (κ3) is 35.5. The second-order valence-corrected chi connectivity index (χ2v) is 37.6. The second kappa shape index (κ2) is 57.2. The van der Waals surface area contributed by atoms with Crippen LogP contribution in [0.25, 0.3) is 0 Å². The zero-order valence-electron chi connectivity index (χ0n) is 79.5. The number of rotatable bonds is 35. The number of hydrogen-bond donors (Lipinski definition) is 5. The first-order valence-electron chi connectivity index (χ1n) is 49.6. The lowest BCUT2D eigenvalue weighted by molar-refractivity contribution is 0.0517. The molecule has 19 heteroatoms. The van der Waals surface area contributed by atoms with Crippen molar-refractivity contribution in [2.24, 2.45) is 29.6 Å². The molecule has 0 aromatic heterocycles. The van der Waals surface area contributed by atoms with Crippen LogP contribution in [0.3, 0.4) is 0 Å². The van der Waals surface area contributed by atoms with Gasteiger partial charge >= 0.3 is 29.8 Å². The van der Waals surface area contributed by atoms with Crippen LogP contribution in [0.1, 0.15) is 303 Å². The van der Waals surface area contributed by atoms with Crippen LogP contribution in [0, 0.1) is 41.2 Å². The molecule has 5 N–H and O–H groups in total. The smallest absolute Gasteiger partial charge is 0.338 e. The van der Waals surface area contributed by atoms with E-state index in [2.05, 4.69) is 115 Å². The Balaban J connectivity index is 0.000000161. The molecule has 0 amide bonds. The molecule has 0 bridgehead atoms. The predicted molar refractivity (Wildman–Crippen MR) is 545 cm³/mol. The maximum Gasteiger partial charge on any atom is 0.338 e. The molecule has 134 heavy (non-hydrogen) atoms. The number of esters is 5. The van der Waals surface area contributed by atoms with Gasteiger partial charge in [-0.25, -0.2) is 32.8 Å². The first kappa shape index (κ1) is 104. The summed E-state index contributed by atoms with van der Waals surface area (Å²) >= 11 is 9.58. The highest BCUT2D eigenvalue weighted by atomic mass is 79.9. The monoisotopic (exact) mass is 1900 g/mol. The Morgan fingerprint density at radius 1 is 0.276 bits per heavy atom. The Bertz CT molecular complexity index is 5000. The van der Waals surface area contributed by atoms with E-state index in [-0.39, 0.29) is 41.5 Å². The van der Waals surface area contributed by atoms with E-state index in [0.717, 1.165) is 118 Å². The fourth-order valence-corrected chi connectivity index (χ4v) is 19.4. The minimum absolute atomic E-state index is 0.235. The van der Waals surface area contributed by atoms with E-state index in [0.29, 0.717) is 92.3 Å². The summed E-state index contributed by atoms with van der Waals surface area (Å²) in [5.74, 6) is 1.79. The van der Waals surface area contributed by atoms with Crippen molar-refractivity contribution >= 4 is 85.8 Å². The van der Waals surface area contributed by atoms with Gasteiger partial charge in [-0.05, 0) is 261 Å². The molecular weight excluding hydrogens is 1760 g/mol. The number of benzene rings is 10. The van der Waals surface area contributed by atoms with Gasteiger partial charge in [0, 0.05) is 70.7 Å². The van der Waals surface area contributed by atoms with Gasteiger partial charge in [0.05, 0.1) is 60.9 Å². The van der Waals surface area contributed by atoms with Crippen LogP contribution >= 0.6 is 27.5 Å². The summed E-state index contributed by atoms with van der Waals surface area (Å²) in [5, 5.41) is 18.2. The number of carbonyl (C=O) groups excluding carboxylic acids is 5. The molecular formula is C115H141BrClF2N5O10. The van der Waals surface area contributed by atoms with Gasteiger partial charge in [0.1, 0.15) is 11.6 Å². The summed E-state index contributed by atoms with van der Waals surface area (Å²) in [4.78, 5) is 60.7. The van der Waals surface area contributed by atoms with Gasteiger partial charge in [0.2, 0.25) is 0 Å². The van der Waals surface area contributed by atoms with Crippen LogP contribution in [0.15, 0.2) is 223 Å². The van der Waals surface area contributed by atoms with E-state index in [9.17, 15) is 32.8 Å². The number of hydrogen-bond acceptors (Lipinski definition) is 15. The number of halogens is 4. The summed E-state index contributed by atoms with van der Waals surface area (Å²) in [6, 6.07) is 69.0. The Labute approximate surface area is 809 Å². The molecule has 0 atom stereocenters. The van der Waals surface area contributed by atoms with Crippen molar-refractivity contribution in [3.05, 3.63) is 323 Å². The molecule has 0 radical (unpaired) electrons. The minimum Gasteiger partial charge on any atom is -0.462 e. The Hall–Kier alpha value is -10.8. The standard InChI is InChI=1S/C23H28BrNO2.C23H28ClNO2.2C23H28FNO2.C23H29NO2/c1-2-27-23(26)20-11-10-19(14-17-6-4-3-5-7-17)22(15-20)25-16-18-8-12-21(24)13-9-18;2*1-2-27-23(26)20-12-11-19(13-17-7-4-3-5-8-17)22(15-20)25-16-18-9-6-10-21(24)14-18;1-2-27-23(26)20-11-10-19(14-17-6-4-3-5-7-17)22(15-20)25-16-18-8-12-21(24)13-9-18;1-2-26-23(25)21-14-13-20(15-18-9-5-3-6-10-18)22(16-21)24-17-19-11-7-4-8-12-19/h8-13,15,17,25H,2-7,14,16H2,1H3;2*6,9-12,14-15,17,25H,2-5,7-8,13,16H2,1H3;8-13,15,17,25H,2-7,14,16H2,1H3;4,7-8,11-14,16,18,24H,2-3,5-6,9-10,15,17H2,1H3. The lowest BCUT2D eigenvalue weighted by Crippen LogP contribution is -2.12. The average Bonchev–Trinajstić information content (AvgIpc) is 0.847. The molecule has 714 valence electrons. The zero-order chi connectivity index (χ0) is 94.4. The van der Waals surface area contributed by atoms with Crippen molar-refractivity contribution in [2.75, 3.05) is 59.6 Å². The van der Waals surface area contributed by atoms with Crippen LogP contribution in [-0.2, 0) is 88.5 Å². The highest BCUT2D eigenvalue weighted by Gasteiger charge is 2.25. The number of nitrogens with one attached hydrogen (secondary N) is 5. The van der Waals surface area contributed by atoms with Gasteiger partial charge in [-0.3, -0.25) is 0 Å². The normalized spacial score (nSPS) is 14.8. The van der Waals surface area contributed by atoms with E-state index in [1.807, 2.05) is 131 Å². The maximum absolute atomic E-state index is 13.4. The molecule has 5 saturated carbocycles. The first-order valence-corrected chi connectivity index (χ1v) is 50.8. The van der Waals surface area contributed by atoms with Gasteiger partial charge in [-0.15, -0.1) is 0 Å². The van der Waals surface area contributed by atoms with Crippen molar-refractivity contribution in [1.29, 1.82) is 0 Å². The van der Waals surface area contributed by atoms with Gasteiger partial charge in [0.25, 0.3) is 0 Å². The summed E-state index contributed by atoms with van der Waals surface area (Å²) in [6.45, 7) is 14.3. The molecule has 0 spiro atoms. The number of ether oxygens (including phenoxy) is 5. The Morgan fingerprint density at radius 3 is 0.791 bits per heavy atom. The van der Waals surface area contributed by atoms with E-state index in [1.165, 1.54) is 224 Å². The van der Waals surface area contributed by atoms with Gasteiger partial charge < -0.3 is 50.3 Å². The van der Waals surface area contributed by atoms with Crippen LogP contribution in [0.4, 0.5) is 37.2 Å². The molecule has 0 aliphatic heterocycles. The van der Waals surface area contributed by atoms with Crippen LogP contribution in [-0.4, -0.2) is 62.9 Å². The van der Waals surface area contributed by atoms with E-state index >= 15 is 0 Å². The SMILES string of the molecule is CCOC(=O)c1ccc(CC2CCCCC2)c(NCc2ccc(Br)cc2)c1.CCOC(=O)c1ccc(CC2CCCCC2)c(NCc2ccc(F)cc2)c1.CCOC(=O)c1ccc(CC2CCCCC2)c(NCc2cccc(Cl)c2)c1.CCOC(=O)c1ccc(CC2CCCCC2)c(NCc2cccc(F)c2)c1.CCOC(=O)c1ccc(CC2CCCCC2)c(NCc2ccccc2)c1. The molecule has 0 saturated heterocycles. The summed E-state index contributed by atoms with van der Waals surface area (Å²) in [6.07, 6.45) is 38.2.